The van der Waals surface area contributed by atoms with E-state index in [0.29, 0.717) is 17.6 Å². The first kappa shape index (κ1) is 20.7. The fourth-order valence-electron chi connectivity index (χ4n) is 2.25. The fraction of sp³-hybridized carbons (Fsp3) is 0.444. The smallest absolute Gasteiger partial charge is 0.346 e. The molecule has 0 spiro atoms. The molecule has 1 rings (SSSR count). The predicted octanol–water partition coefficient (Wildman–Crippen LogP) is 3.51. The second kappa shape index (κ2) is 10.4. The summed E-state index contributed by atoms with van der Waals surface area (Å²) < 4.78 is 0. The summed E-state index contributed by atoms with van der Waals surface area (Å²) in [6.07, 6.45) is 1.20. The van der Waals surface area contributed by atoms with Crippen LogP contribution in [0.4, 0.5) is 0 Å². The molecule has 0 saturated carbocycles. The van der Waals surface area contributed by atoms with Crippen LogP contribution in [0, 0.1) is 11.3 Å². The Kier molecular flexibility index (Phi) is 9.36. The molecule has 5 nitrogen and oxygen atoms in total. The van der Waals surface area contributed by atoms with Gasteiger partial charge in [0.05, 0.1) is 0 Å². The molecule has 0 aliphatic heterocycles. The van der Waals surface area contributed by atoms with Crippen LogP contribution in [0.25, 0.3) is 6.08 Å². The molecule has 0 aromatic heterocycles. The van der Waals surface area contributed by atoms with Crippen LogP contribution in [0.3, 0.4) is 0 Å². The number of hydrogen-bond acceptors (Lipinski definition) is 4. The Morgan fingerprint density at radius 1 is 1.30 bits per heavy atom. The van der Waals surface area contributed by atoms with Crippen LogP contribution >= 0.6 is 0 Å². The Balaban J connectivity index is 0.000000468. The number of aromatic hydroxyl groups is 1. The Labute approximate surface area is 138 Å². The lowest BCUT2D eigenvalue weighted by molar-refractivity contribution is -0.132. The van der Waals surface area contributed by atoms with E-state index >= 15 is 0 Å². The van der Waals surface area contributed by atoms with Crippen LogP contribution in [-0.4, -0.2) is 39.7 Å². The molecule has 0 bridgehead atoms. The largest absolute Gasteiger partial charge is 0.508 e. The van der Waals surface area contributed by atoms with Crippen molar-refractivity contribution < 1.29 is 15.0 Å². The van der Waals surface area contributed by atoms with Gasteiger partial charge in [0.1, 0.15) is 17.4 Å². The Morgan fingerprint density at radius 2 is 1.87 bits per heavy atom. The zero-order chi connectivity index (χ0) is 18.0. The lowest BCUT2D eigenvalue weighted by Gasteiger charge is -2.28. The SMILES string of the molecule is CCN(C(C)C)C(C)C.N#C/C(=C\c1cccc(O)c1)C(=O)O. The predicted molar refractivity (Wildman–Crippen MR) is 92.0 cm³/mol. The van der Waals surface area contributed by atoms with E-state index in [2.05, 4.69) is 39.5 Å². The number of aliphatic carboxylic acids is 1. The van der Waals surface area contributed by atoms with Gasteiger partial charge < -0.3 is 10.2 Å². The first-order valence-corrected chi connectivity index (χ1v) is 7.62. The minimum atomic E-state index is -1.28. The third-order valence-electron chi connectivity index (χ3n) is 3.22. The molecule has 126 valence electrons. The van der Waals surface area contributed by atoms with Gasteiger partial charge in [-0.1, -0.05) is 19.1 Å². The number of carboxylic acid groups (broad SMARTS) is 1. The highest BCUT2D eigenvalue weighted by Gasteiger charge is 2.09. The standard InChI is InChI=1S/C10H7NO3.C8H19N/c11-6-8(10(13)14)4-7-2-1-3-9(12)5-7;1-6-9(7(2)3)8(4)5/h1-5,12H,(H,13,14);7-8H,6H2,1-5H3/b8-4+;. The van der Waals surface area contributed by atoms with E-state index in [1.807, 2.05) is 0 Å². The summed E-state index contributed by atoms with van der Waals surface area (Å²) in [4.78, 5) is 12.9. The second-order valence-electron chi connectivity index (χ2n) is 5.59. The van der Waals surface area contributed by atoms with Crippen LogP contribution in [0.15, 0.2) is 29.8 Å². The van der Waals surface area contributed by atoms with Crippen molar-refractivity contribution in [2.75, 3.05) is 6.54 Å². The van der Waals surface area contributed by atoms with Gasteiger partial charge in [-0.05, 0) is 58.0 Å². The molecule has 0 aliphatic carbocycles. The van der Waals surface area contributed by atoms with Crippen LogP contribution in [0.2, 0.25) is 0 Å². The number of rotatable bonds is 5. The van der Waals surface area contributed by atoms with Crippen molar-refractivity contribution in [3.63, 3.8) is 0 Å². The average Bonchev–Trinajstić information content (AvgIpc) is 2.45. The van der Waals surface area contributed by atoms with E-state index in [1.165, 1.54) is 18.2 Å². The second-order valence-corrected chi connectivity index (χ2v) is 5.59. The molecule has 1 aromatic carbocycles. The highest BCUT2D eigenvalue weighted by Crippen LogP contribution is 2.13. The summed E-state index contributed by atoms with van der Waals surface area (Å²) in [5.41, 5.74) is 0.111. The normalized spacial score (nSPS) is 11.2. The summed E-state index contributed by atoms with van der Waals surface area (Å²) in [7, 11) is 0. The number of nitriles is 1. The van der Waals surface area contributed by atoms with Gasteiger partial charge in [0.25, 0.3) is 0 Å². The maximum Gasteiger partial charge on any atom is 0.346 e. The van der Waals surface area contributed by atoms with Crippen molar-refractivity contribution in [2.24, 2.45) is 0 Å². The molecule has 0 fully saturated rings. The van der Waals surface area contributed by atoms with Gasteiger partial charge in [-0.15, -0.1) is 0 Å². The molecule has 5 heteroatoms. The quantitative estimate of drug-likeness (QED) is 0.641. The van der Waals surface area contributed by atoms with Crippen LogP contribution in [0.5, 0.6) is 5.75 Å². The minimum absolute atomic E-state index is 0.0291. The third-order valence-corrected chi connectivity index (χ3v) is 3.22. The Hall–Kier alpha value is -2.32. The Bertz CT molecular complexity index is 564. The van der Waals surface area contributed by atoms with Crippen LogP contribution in [0.1, 0.15) is 40.2 Å². The van der Waals surface area contributed by atoms with Crippen LogP contribution in [-0.2, 0) is 4.79 Å². The van der Waals surface area contributed by atoms with Crippen LogP contribution < -0.4 is 0 Å². The molecule has 0 saturated heterocycles. The van der Waals surface area contributed by atoms with Gasteiger partial charge in [0.15, 0.2) is 0 Å². The molecular formula is C18H26N2O3. The number of hydrogen-bond donors (Lipinski definition) is 2. The molecule has 0 aliphatic rings. The molecule has 0 amide bonds. The maximum atomic E-state index is 10.5. The van der Waals surface area contributed by atoms with Crippen molar-refractivity contribution >= 4 is 12.0 Å². The zero-order valence-electron chi connectivity index (χ0n) is 14.4. The summed E-state index contributed by atoms with van der Waals surface area (Å²) in [5.74, 6) is -1.25. The van der Waals surface area contributed by atoms with Crippen molar-refractivity contribution in [1.29, 1.82) is 5.26 Å². The van der Waals surface area contributed by atoms with Crippen molar-refractivity contribution in [2.45, 2.75) is 46.7 Å². The van der Waals surface area contributed by atoms with Gasteiger partial charge in [-0.3, -0.25) is 4.90 Å². The van der Waals surface area contributed by atoms with E-state index in [0.717, 1.165) is 6.54 Å². The van der Waals surface area contributed by atoms with E-state index in [4.69, 9.17) is 15.5 Å². The summed E-state index contributed by atoms with van der Waals surface area (Å²) in [6.45, 7) is 12.3. The fourth-order valence-corrected chi connectivity index (χ4v) is 2.25. The number of benzene rings is 1. The highest BCUT2D eigenvalue weighted by molar-refractivity contribution is 5.96. The molecule has 2 N–H and O–H groups in total. The number of carbonyl (C=O) groups is 1. The average molecular weight is 318 g/mol. The van der Waals surface area contributed by atoms with Crippen molar-refractivity contribution in [1.82, 2.24) is 4.90 Å². The van der Waals surface area contributed by atoms with Crippen molar-refractivity contribution in [3.05, 3.63) is 35.4 Å². The lowest BCUT2D eigenvalue weighted by atomic mass is 10.1. The third kappa shape index (κ3) is 8.03. The Morgan fingerprint density at radius 3 is 2.17 bits per heavy atom. The molecule has 23 heavy (non-hydrogen) atoms. The molecule has 0 unspecified atom stereocenters. The summed E-state index contributed by atoms with van der Waals surface area (Å²) >= 11 is 0. The first-order chi connectivity index (χ1) is 10.7. The van der Waals surface area contributed by atoms with Gasteiger partial charge in [-0.25, -0.2) is 4.79 Å². The molecular weight excluding hydrogens is 292 g/mol. The monoisotopic (exact) mass is 318 g/mol. The number of nitrogens with zero attached hydrogens (tertiary/aromatic N) is 2. The number of carboxylic acids is 1. The zero-order valence-corrected chi connectivity index (χ0v) is 14.4. The number of phenolic OH excluding ortho intramolecular Hbond substituents is 1. The molecule has 1 aromatic rings. The topological polar surface area (TPSA) is 84.6 Å². The van der Waals surface area contributed by atoms with E-state index in [9.17, 15) is 4.79 Å². The van der Waals surface area contributed by atoms with Gasteiger partial charge in [0, 0.05) is 12.1 Å². The van der Waals surface area contributed by atoms with E-state index in [-0.39, 0.29) is 11.3 Å². The molecule has 0 heterocycles. The van der Waals surface area contributed by atoms with Crippen molar-refractivity contribution in [3.8, 4) is 11.8 Å². The molecule has 0 atom stereocenters. The van der Waals surface area contributed by atoms with E-state index < -0.39 is 5.97 Å². The highest BCUT2D eigenvalue weighted by atomic mass is 16.4. The number of phenols is 1. The first-order valence-electron chi connectivity index (χ1n) is 7.62. The van der Waals surface area contributed by atoms with Gasteiger partial charge in [-0.2, -0.15) is 5.26 Å². The lowest BCUT2D eigenvalue weighted by Crippen LogP contribution is -2.36. The molecule has 0 radical (unpaired) electrons. The summed E-state index contributed by atoms with van der Waals surface area (Å²) in [5, 5.41) is 26.1. The maximum absolute atomic E-state index is 10.5. The minimum Gasteiger partial charge on any atom is -0.508 e. The summed E-state index contributed by atoms with van der Waals surface area (Å²) in [6, 6.07) is 8.93. The van der Waals surface area contributed by atoms with E-state index in [1.54, 1.807) is 18.2 Å². The van der Waals surface area contributed by atoms with Gasteiger partial charge in [0.2, 0.25) is 0 Å². The van der Waals surface area contributed by atoms with Gasteiger partial charge >= 0.3 is 5.97 Å².